The second-order valence-corrected chi connectivity index (χ2v) is 6.16. The molecule has 0 aliphatic heterocycles. The predicted molar refractivity (Wildman–Crippen MR) is 90.7 cm³/mol. The number of benzene rings is 1. The van der Waals surface area contributed by atoms with Crippen LogP contribution in [0.1, 0.15) is 47.4 Å². The van der Waals surface area contributed by atoms with Crippen LogP contribution in [0.2, 0.25) is 0 Å². The molecule has 1 saturated carbocycles. The number of hydrogen-bond donors (Lipinski definition) is 2. The quantitative estimate of drug-likeness (QED) is 0.884. The fourth-order valence-electron chi connectivity index (χ4n) is 2.34. The molecule has 1 heterocycles. The van der Waals surface area contributed by atoms with E-state index in [9.17, 15) is 9.59 Å². The van der Waals surface area contributed by atoms with Gasteiger partial charge >= 0.3 is 0 Å². The van der Waals surface area contributed by atoms with Crippen molar-refractivity contribution in [2.24, 2.45) is 0 Å². The van der Waals surface area contributed by atoms with Gasteiger partial charge in [-0.05, 0) is 38.8 Å². The molecule has 124 valence electrons. The van der Waals surface area contributed by atoms with E-state index in [0.717, 1.165) is 24.2 Å². The summed E-state index contributed by atoms with van der Waals surface area (Å²) in [6.07, 6.45) is 5.47. The highest BCUT2D eigenvalue weighted by Crippen LogP contribution is 2.37. The average molecular weight is 324 g/mol. The minimum Gasteiger partial charge on any atom is -0.341 e. The maximum absolute atomic E-state index is 12.2. The van der Waals surface area contributed by atoms with Gasteiger partial charge in [0.25, 0.3) is 5.91 Å². The molecule has 2 aromatic rings. The van der Waals surface area contributed by atoms with Crippen LogP contribution < -0.4 is 10.6 Å². The second-order valence-electron chi connectivity index (χ2n) is 6.16. The summed E-state index contributed by atoms with van der Waals surface area (Å²) in [5.41, 5.74) is 2.06. The van der Waals surface area contributed by atoms with E-state index in [4.69, 9.17) is 0 Å². The highest BCUT2D eigenvalue weighted by molar-refractivity contribution is 6.00. The monoisotopic (exact) mass is 324 g/mol. The van der Waals surface area contributed by atoms with E-state index in [1.807, 2.05) is 19.1 Å². The predicted octanol–water partition coefficient (Wildman–Crippen LogP) is 2.42. The molecular weight excluding hydrogens is 304 g/mol. The molecule has 0 saturated heterocycles. The standard InChI is InChI=1S/C18H20N4O2/c1-11-4-3-5-14(8-11)18(24)21-12(2)17(23)22-15-9-19-16(20-10-15)13-6-7-13/h3-5,8-10,12-13H,6-7H2,1-2H3,(H,21,24)(H,22,23)/t12-/m1/s1. The number of aryl methyl sites for hydroxylation is 1. The number of nitrogens with one attached hydrogen (secondary N) is 2. The fourth-order valence-corrected chi connectivity index (χ4v) is 2.34. The number of carbonyl (C=O) groups excluding carboxylic acids is 2. The number of hydrogen-bond acceptors (Lipinski definition) is 4. The van der Waals surface area contributed by atoms with Crippen molar-refractivity contribution in [1.29, 1.82) is 0 Å². The van der Waals surface area contributed by atoms with Crippen LogP contribution in [-0.4, -0.2) is 27.8 Å². The van der Waals surface area contributed by atoms with Gasteiger partial charge < -0.3 is 10.6 Å². The van der Waals surface area contributed by atoms with E-state index in [-0.39, 0.29) is 11.8 Å². The zero-order valence-electron chi connectivity index (χ0n) is 13.7. The zero-order valence-corrected chi connectivity index (χ0v) is 13.7. The summed E-state index contributed by atoms with van der Waals surface area (Å²) in [7, 11) is 0. The summed E-state index contributed by atoms with van der Waals surface area (Å²) in [4.78, 5) is 32.9. The summed E-state index contributed by atoms with van der Waals surface area (Å²) in [5.74, 6) is 0.719. The largest absolute Gasteiger partial charge is 0.341 e. The third kappa shape index (κ3) is 3.95. The van der Waals surface area contributed by atoms with Gasteiger partial charge in [-0.3, -0.25) is 9.59 Å². The van der Waals surface area contributed by atoms with Crippen LogP contribution in [0.25, 0.3) is 0 Å². The van der Waals surface area contributed by atoms with E-state index in [2.05, 4.69) is 20.6 Å². The summed E-state index contributed by atoms with van der Waals surface area (Å²) in [6, 6.07) is 6.56. The normalized spacial score (nSPS) is 14.8. The Morgan fingerprint density at radius 3 is 2.54 bits per heavy atom. The van der Waals surface area contributed by atoms with Crippen molar-refractivity contribution >= 4 is 17.5 Å². The third-order valence-electron chi connectivity index (χ3n) is 3.90. The molecule has 3 rings (SSSR count). The van der Waals surface area contributed by atoms with Gasteiger partial charge in [0.05, 0.1) is 18.1 Å². The van der Waals surface area contributed by atoms with Gasteiger partial charge in [0, 0.05) is 11.5 Å². The van der Waals surface area contributed by atoms with E-state index < -0.39 is 6.04 Å². The first-order valence-corrected chi connectivity index (χ1v) is 8.03. The maximum atomic E-state index is 12.2. The molecule has 0 spiro atoms. The Hall–Kier alpha value is -2.76. The zero-order chi connectivity index (χ0) is 17.1. The number of aromatic nitrogens is 2. The van der Waals surface area contributed by atoms with E-state index in [1.165, 1.54) is 0 Å². The van der Waals surface area contributed by atoms with E-state index in [0.29, 0.717) is 17.2 Å². The summed E-state index contributed by atoms with van der Waals surface area (Å²) in [6.45, 7) is 3.56. The first kappa shape index (κ1) is 16.1. The first-order valence-electron chi connectivity index (χ1n) is 8.03. The number of rotatable bonds is 5. The molecule has 6 heteroatoms. The van der Waals surface area contributed by atoms with Crippen molar-refractivity contribution < 1.29 is 9.59 Å². The Kier molecular flexibility index (Phi) is 4.55. The van der Waals surface area contributed by atoms with E-state index >= 15 is 0 Å². The molecule has 1 atom stereocenters. The number of carbonyl (C=O) groups is 2. The highest BCUT2D eigenvalue weighted by Gasteiger charge is 2.26. The smallest absolute Gasteiger partial charge is 0.251 e. The lowest BCUT2D eigenvalue weighted by Gasteiger charge is -2.14. The minimum atomic E-state index is -0.666. The molecule has 6 nitrogen and oxygen atoms in total. The lowest BCUT2D eigenvalue weighted by Crippen LogP contribution is -2.41. The first-order chi connectivity index (χ1) is 11.5. The molecule has 1 aromatic carbocycles. The molecule has 0 unspecified atom stereocenters. The van der Waals surface area contributed by atoms with Crippen molar-refractivity contribution in [3.63, 3.8) is 0 Å². The number of anilines is 1. The average Bonchev–Trinajstić information content (AvgIpc) is 3.40. The van der Waals surface area contributed by atoms with Crippen LogP contribution in [0.3, 0.4) is 0 Å². The Morgan fingerprint density at radius 1 is 1.21 bits per heavy atom. The van der Waals surface area contributed by atoms with Crippen molar-refractivity contribution in [2.75, 3.05) is 5.32 Å². The van der Waals surface area contributed by atoms with Gasteiger partial charge in [-0.2, -0.15) is 0 Å². The van der Waals surface area contributed by atoms with Gasteiger partial charge in [0.15, 0.2) is 0 Å². The molecule has 24 heavy (non-hydrogen) atoms. The van der Waals surface area contributed by atoms with Crippen molar-refractivity contribution in [3.05, 3.63) is 53.6 Å². The van der Waals surface area contributed by atoms with Gasteiger partial charge in [0.1, 0.15) is 11.9 Å². The van der Waals surface area contributed by atoms with Gasteiger partial charge in [0.2, 0.25) is 5.91 Å². The van der Waals surface area contributed by atoms with E-state index in [1.54, 1.807) is 31.5 Å². The number of nitrogens with zero attached hydrogens (tertiary/aromatic N) is 2. The fraction of sp³-hybridized carbons (Fsp3) is 0.333. The Balaban J connectivity index is 1.56. The molecule has 0 radical (unpaired) electrons. The molecule has 2 N–H and O–H groups in total. The van der Waals surface area contributed by atoms with Gasteiger partial charge in [-0.1, -0.05) is 17.7 Å². The molecule has 0 bridgehead atoms. The van der Waals surface area contributed by atoms with Gasteiger partial charge in [-0.25, -0.2) is 9.97 Å². The van der Waals surface area contributed by atoms with Crippen molar-refractivity contribution in [2.45, 2.75) is 38.6 Å². The lowest BCUT2D eigenvalue weighted by atomic mass is 10.1. The SMILES string of the molecule is Cc1cccc(C(=O)N[C@H](C)C(=O)Nc2cnc(C3CC3)nc2)c1. The topological polar surface area (TPSA) is 84.0 Å². The number of amides is 2. The van der Waals surface area contributed by atoms with Crippen LogP contribution in [-0.2, 0) is 4.79 Å². The molecule has 1 aliphatic rings. The summed E-state index contributed by atoms with van der Waals surface area (Å²) < 4.78 is 0. The molecule has 1 aliphatic carbocycles. The maximum Gasteiger partial charge on any atom is 0.251 e. The Bertz CT molecular complexity index is 754. The summed E-state index contributed by atoms with van der Waals surface area (Å²) in [5, 5.41) is 5.41. The molecular formula is C18H20N4O2. The molecule has 1 fully saturated rings. The van der Waals surface area contributed by atoms with Gasteiger partial charge in [-0.15, -0.1) is 0 Å². The van der Waals surface area contributed by atoms with Crippen LogP contribution in [0.4, 0.5) is 5.69 Å². The van der Waals surface area contributed by atoms with Crippen molar-refractivity contribution in [3.8, 4) is 0 Å². The van der Waals surface area contributed by atoms with Crippen molar-refractivity contribution in [1.82, 2.24) is 15.3 Å². The summed E-state index contributed by atoms with van der Waals surface area (Å²) >= 11 is 0. The third-order valence-corrected chi connectivity index (χ3v) is 3.90. The van der Waals surface area contributed by atoms with Crippen LogP contribution in [0, 0.1) is 6.92 Å². The highest BCUT2D eigenvalue weighted by atomic mass is 16.2. The van der Waals surface area contributed by atoms with Crippen LogP contribution in [0.15, 0.2) is 36.7 Å². The lowest BCUT2D eigenvalue weighted by molar-refractivity contribution is -0.117. The second kappa shape index (κ2) is 6.78. The minimum absolute atomic E-state index is 0.276. The van der Waals surface area contributed by atoms with Crippen LogP contribution >= 0.6 is 0 Å². The Labute approximate surface area is 140 Å². The molecule has 2 amide bonds. The Morgan fingerprint density at radius 2 is 1.92 bits per heavy atom. The van der Waals surface area contributed by atoms with Crippen LogP contribution in [0.5, 0.6) is 0 Å². The molecule has 1 aromatic heterocycles.